The van der Waals surface area contributed by atoms with E-state index in [2.05, 4.69) is 35.3 Å². The number of rotatable bonds is 8. The van der Waals surface area contributed by atoms with Gasteiger partial charge in [0.15, 0.2) is 12.4 Å². The predicted octanol–water partition coefficient (Wildman–Crippen LogP) is 14.6. The smallest absolute Gasteiger partial charge is 0.287 e. The molecule has 0 aliphatic heterocycles. The second-order valence-electron chi connectivity index (χ2n) is 18.1. The molecule has 6 aromatic carbocycles. The highest BCUT2D eigenvalue weighted by Crippen LogP contribution is 2.42. The summed E-state index contributed by atoms with van der Waals surface area (Å²) in [6.45, 7) is 0.317. The molecule has 1 aliphatic rings. The van der Waals surface area contributed by atoms with Crippen LogP contribution in [0.1, 0.15) is 77.6 Å². The van der Waals surface area contributed by atoms with Crippen molar-refractivity contribution < 1.29 is 115 Å². The van der Waals surface area contributed by atoms with E-state index in [1.165, 1.54) is 11.1 Å². The molecule has 0 radical (unpaired) electrons. The minimum Gasteiger partial charge on any atom is -0.287 e. The summed E-state index contributed by atoms with van der Waals surface area (Å²) in [5.41, 5.74) is -26.0. The minimum absolute atomic E-state index is 0.0973. The van der Waals surface area contributed by atoms with Gasteiger partial charge in [-0.3, -0.25) is 4.79 Å². The summed E-state index contributed by atoms with van der Waals surface area (Å²) in [6.07, 6.45) is -44.9. The predicted molar refractivity (Wildman–Crippen MR) is 243 cm³/mol. The molecule has 0 saturated carbocycles. The highest BCUT2D eigenvalue weighted by molar-refractivity contribution is 7.20. The standard InChI is InChI=1S/C32H12BF24.C21H17N2O/c34-25(35,36)13-1-14(26(37,38)39)6-21(5-13)33(22-7-15(27(40,41)42)2-16(8-22)28(43,44)45,23-9-17(29(46,47)48)3-18(10-23)30(49,50)51)24-11-19(31(52,53)54)4-20(12-24)32(55,56)57;24-21(17-7-2-1-3-8-17)15-23-13-12-22-20(14-23)19-11-10-16-6-4-5-9-18(16)19/h1-12H;1-14,19H,15H2/q-1;+1. The highest BCUT2D eigenvalue weighted by atomic mass is 19.4. The van der Waals surface area contributed by atoms with Crippen molar-refractivity contribution in [3.05, 3.63) is 219 Å². The molecule has 0 bridgehead atoms. The van der Waals surface area contributed by atoms with Gasteiger partial charge in [-0.1, -0.05) is 115 Å². The Labute approximate surface area is 439 Å². The van der Waals surface area contributed by atoms with Crippen molar-refractivity contribution in [1.29, 1.82) is 0 Å². The second kappa shape index (κ2) is 21.3. The number of nitrogens with zero attached hydrogens (tertiary/aromatic N) is 2. The van der Waals surface area contributed by atoms with Crippen LogP contribution in [-0.4, -0.2) is 16.9 Å². The zero-order valence-corrected chi connectivity index (χ0v) is 39.7. The topological polar surface area (TPSA) is 33.8 Å². The van der Waals surface area contributed by atoms with Gasteiger partial charge < -0.3 is 0 Å². The quantitative estimate of drug-likeness (QED) is 0.0658. The summed E-state index contributed by atoms with van der Waals surface area (Å²) in [5, 5.41) is 0. The normalized spacial score (nSPS) is 14.6. The number of hydrogen-bond acceptors (Lipinski definition) is 2. The van der Waals surface area contributed by atoms with E-state index in [4.69, 9.17) is 0 Å². The molecule has 0 saturated heterocycles. The molecular weight excluding hydrogens is 1150 g/mol. The summed E-state index contributed by atoms with van der Waals surface area (Å²) >= 11 is 0. The Balaban J connectivity index is 0.000000323. The van der Waals surface area contributed by atoms with E-state index in [1.807, 2.05) is 53.4 Å². The third kappa shape index (κ3) is 13.5. The van der Waals surface area contributed by atoms with Crippen LogP contribution in [0.5, 0.6) is 0 Å². The van der Waals surface area contributed by atoms with Crippen LogP contribution < -0.4 is 26.4 Å². The lowest BCUT2D eigenvalue weighted by atomic mass is 9.12. The lowest BCUT2D eigenvalue weighted by Crippen LogP contribution is -2.75. The number of alkyl halides is 24. The van der Waals surface area contributed by atoms with E-state index in [0.717, 1.165) is 11.3 Å². The average Bonchev–Trinajstić information content (AvgIpc) is 3.83. The number of halogens is 24. The fourth-order valence-corrected chi connectivity index (χ4v) is 9.17. The van der Waals surface area contributed by atoms with Crippen molar-refractivity contribution in [3.8, 4) is 0 Å². The first kappa shape index (κ1) is 60.8. The fraction of sp³-hybridized carbons (Fsp3) is 0.189. The van der Waals surface area contributed by atoms with Gasteiger partial charge in [-0.05, 0) is 35.4 Å². The molecule has 81 heavy (non-hydrogen) atoms. The van der Waals surface area contributed by atoms with Crippen LogP contribution in [-0.2, 0) is 56.0 Å². The Kier molecular flexibility index (Phi) is 16.0. The molecule has 8 rings (SSSR count). The zero-order chi connectivity index (χ0) is 60.3. The minimum atomic E-state index is -6.13. The largest absolute Gasteiger partial charge is 0.416 e. The lowest BCUT2D eigenvalue weighted by Gasteiger charge is -2.46. The van der Waals surface area contributed by atoms with Crippen molar-refractivity contribution in [1.82, 2.24) is 4.98 Å². The van der Waals surface area contributed by atoms with Gasteiger partial charge >= 0.3 is 49.4 Å². The average molecular weight is 1180 g/mol. The van der Waals surface area contributed by atoms with E-state index in [0.29, 0.717) is 6.54 Å². The van der Waals surface area contributed by atoms with E-state index >= 15 is 0 Å². The molecule has 0 amide bonds. The van der Waals surface area contributed by atoms with Crippen LogP contribution in [0.25, 0.3) is 6.08 Å². The Bertz CT molecular complexity index is 3060. The maximum absolute atomic E-state index is 14.2. The molecule has 0 spiro atoms. The number of fused-ring (bicyclic) bond motifs is 1. The molecule has 0 N–H and O–H groups in total. The first-order chi connectivity index (χ1) is 37.1. The van der Waals surface area contributed by atoms with E-state index < -0.39 is 195 Å². The van der Waals surface area contributed by atoms with Gasteiger partial charge in [-0.2, -0.15) is 132 Å². The monoisotopic (exact) mass is 1180 g/mol. The van der Waals surface area contributed by atoms with Crippen LogP contribution in [0.4, 0.5) is 105 Å². The Morgan fingerprint density at radius 2 is 0.728 bits per heavy atom. The molecule has 1 heterocycles. The van der Waals surface area contributed by atoms with E-state index in [1.54, 1.807) is 6.20 Å². The summed E-state index contributed by atoms with van der Waals surface area (Å²) < 4.78 is 343. The fourth-order valence-electron chi connectivity index (χ4n) is 9.17. The Morgan fingerprint density at radius 3 is 1.05 bits per heavy atom. The maximum atomic E-state index is 14.2. The molecule has 0 fully saturated rings. The number of ketones is 1. The highest BCUT2D eigenvalue weighted by Gasteiger charge is 2.47. The molecule has 1 unspecified atom stereocenters. The third-order valence-electron chi connectivity index (χ3n) is 12.8. The van der Waals surface area contributed by atoms with Gasteiger partial charge in [-0.15, -0.1) is 0 Å². The van der Waals surface area contributed by atoms with Crippen LogP contribution in [0.15, 0.2) is 152 Å². The van der Waals surface area contributed by atoms with Crippen molar-refractivity contribution >= 4 is 39.9 Å². The Morgan fingerprint density at radius 1 is 0.420 bits per heavy atom. The molecule has 428 valence electrons. The maximum Gasteiger partial charge on any atom is 0.416 e. The van der Waals surface area contributed by atoms with E-state index in [9.17, 15) is 110 Å². The molecule has 1 atom stereocenters. The molecule has 28 heteroatoms. The number of allylic oxidation sites excluding steroid dienone is 1. The number of benzene rings is 6. The molecule has 7 aromatic rings. The van der Waals surface area contributed by atoms with Crippen LogP contribution in [0.2, 0.25) is 0 Å². The van der Waals surface area contributed by atoms with Crippen molar-refractivity contribution in [2.24, 2.45) is 0 Å². The summed E-state index contributed by atoms with van der Waals surface area (Å²) in [6, 6.07) is 8.91. The molecule has 1 aromatic heterocycles. The van der Waals surface area contributed by atoms with Crippen molar-refractivity contribution in [2.75, 3.05) is 0 Å². The SMILES string of the molecule is FC(F)(F)c1cc([B-](c2cc(C(F)(F)F)cc(C(F)(F)F)c2)(c2cc(C(F)(F)F)cc(C(F)(F)F)c2)c2cc(C(F)(F)F)cc(C(F)(F)F)c2)cc(C(F)(F)F)c1.O=C(C[n+]1ccnc(C2C=Cc3ccccc32)c1)c1ccccc1. The molecule has 3 nitrogen and oxygen atoms in total. The van der Waals surface area contributed by atoms with Gasteiger partial charge in [0.25, 0.3) is 0 Å². The molecule has 1 aliphatic carbocycles. The number of aromatic nitrogens is 2. The summed E-state index contributed by atoms with van der Waals surface area (Å²) in [7, 11) is 0. The molecular formula is C53H29BF24N2O. The number of Topliss-reactive ketones (excluding diaryl/α,β-unsaturated/α-hetero) is 1. The van der Waals surface area contributed by atoms with Crippen molar-refractivity contribution in [3.63, 3.8) is 0 Å². The van der Waals surface area contributed by atoms with Crippen LogP contribution in [0, 0.1) is 0 Å². The van der Waals surface area contributed by atoms with E-state index in [-0.39, 0.29) is 11.7 Å². The van der Waals surface area contributed by atoms with Gasteiger partial charge in [0.05, 0.1) is 56.6 Å². The van der Waals surface area contributed by atoms with Gasteiger partial charge in [0.2, 0.25) is 12.3 Å². The summed E-state index contributed by atoms with van der Waals surface area (Å²) in [5.74, 6) is 0.251. The first-order valence-electron chi connectivity index (χ1n) is 22.6. The van der Waals surface area contributed by atoms with Gasteiger partial charge in [0, 0.05) is 5.56 Å². The zero-order valence-electron chi connectivity index (χ0n) is 39.7. The van der Waals surface area contributed by atoms with Gasteiger partial charge in [0.1, 0.15) is 11.8 Å². The first-order valence-corrected chi connectivity index (χ1v) is 22.6. The number of hydrogen-bond donors (Lipinski definition) is 0. The van der Waals surface area contributed by atoms with Crippen LogP contribution >= 0.6 is 0 Å². The second-order valence-corrected chi connectivity index (χ2v) is 18.1. The number of carbonyl (C=O) groups excluding carboxylic acids is 1. The summed E-state index contributed by atoms with van der Waals surface area (Å²) in [4.78, 5) is 16.9. The number of carbonyl (C=O) groups is 1. The van der Waals surface area contributed by atoms with Crippen LogP contribution in [0.3, 0.4) is 0 Å². The lowest BCUT2D eigenvalue weighted by molar-refractivity contribution is -0.684. The third-order valence-corrected chi connectivity index (χ3v) is 12.8. The Hall–Kier alpha value is -7.81. The van der Waals surface area contributed by atoms with Gasteiger partial charge in [-0.25, -0.2) is 4.98 Å². The van der Waals surface area contributed by atoms with Crippen molar-refractivity contribution in [2.45, 2.75) is 61.9 Å².